The fourth-order valence-corrected chi connectivity index (χ4v) is 3.25. The minimum atomic E-state index is -4.72. The van der Waals surface area contributed by atoms with Crippen LogP contribution in [0, 0.1) is 0 Å². The lowest BCUT2D eigenvalue weighted by Gasteiger charge is -2.15. The van der Waals surface area contributed by atoms with Crippen molar-refractivity contribution in [3.63, 3.8) is 0 Å². The third kappa shape index (κ3) is 5.28. The molecule has 1 unspecified atom stereocenters. The number of alkyl halides is 3. The fourth-order valence-electron chi connectivity index (χ4n) is 3.25. The molecule has 0 saturated heterocycles. The van der Waals surface area contributed by atoms with Crippen LogP contribution in [0.3, 0.4) is 0 Å². The molecule has 0 saturated carbocycles. The van der Waals surface area contributed by atoms with Gasteiger partial charge >= 0.3 is 6.36 Å². The van der Waals surface area contributed by atoms with Crippen LogP contribution < -0.4 is 10.1 Å². The molecule has 5 nitrogen and oxygen atoms in total. The van der Waals surface area contributed by atoms with Crippen LogP contribution in [0.25, 0.3) is 11.0 Å². The first-order valence-electron chi connectivity index (χ1n) is 9.36. The van der Waals surface area contributed by atoms with E-state index in [2.05, 4.69) is 19.6 Å². The molecule has 0 aliphatic carbocycles. The topological polar surface area (TPSA) is 56.2 Å². The van der Waals surface area contributed by atoms with Gasteiger partial charge in [0.25, 0.3) is 0 Å². The van der Waals surface area contributed by atoms with E-state index in [4.69, 9.17) is 0 Å². The van der Waals surface area contributed by atoms with Gasteiger partial charge in [-0.1, -0.05) is 24.3 Å². The Labute approximate surface area is 166 Å². The van der Waals surface area contributed by atoms with Crippen molar-refractivity contribution in [3.8, 4) is 5.75 Å². The third-order valence-electron chi connectivity index (χ3n) is 4.56. The summed E-state index contributed by atoms with van der Waals surface area (Å²) in [5.74, 6) is 0.358. The highest BCUT2D eigenvalue weighted by atomic mass is 19.4. The highest BCUT2D eigenvalue weighted by Crippen LogP contribution is 2.23. The summed E-state index contributed by atoms with van der Waals surface area (Å²) in [6.45, 7) is 4.65. The Morgan fingerprint density at radius 3 is 2.52 bits per heavy atom. The summed E-state index contributed by atoms with van der Waals surface area (Å²) < 4.78 is 42.5. The molecule has 0 fully saturated rings. The number of aryl methyl sites for hydroxylation is 2. The number of amides is 1. The second-order valence-corrected chi connectivity index (χ2v) is 6.68. The molecule has 29 heavy (non-hydrogen) atoms. The van der Waals surface area contributed by atoms with Crippen molar-refractivity contribution >= 4 is 16.9 Å². The Hall–Kier alpha value is -3.03. The van der Waals surface area contributed by atoms with Gasteiger partial charge in [-0.15, -0.1) is 13.2 Å². The van der Waals surface area contributed by atoms with Gasteiger partial charge in [-0.2, -0.15) is 0 Å². The number of hydrogen-bond donors (Lipinski definition) is 1. The van der Waals surface area contributed by atoms with Gasteiger partial charge in [0, 0.05) is 13.0 Å². The maximum Gasteiger partial charge on any atom is 0.573 e. The maximum atomic E-state index is 12.3. The van der Waals surface area contributed by atoms with Gasteiger partial charge in [0.05, 0.1) is 17.1 Å². The molecule has 154 valence electrons. The van der Waals surface area contributed by atoms with E-state index in [1.54, 1.807) is 0 Å². The Morgan fingerprint density at radius 1 is 1.17 bits per heavy atom. The van der Waals surface area contributed by atoms with Crippen LogP contribution in [0.4, 0.5) is 13.2 Å². The molecule has 1 aromatic heterocycles. The summed E-state index contributed by atoms with van der Waals surface area (Å²) in [7, 11) is 0. The summed E-state index contributed by atoms with van der Waals surface area (Å²) in [6, 6.07) is 13.1. The zero-order valence-corrected chi connectivity index (χ0v) is 16.2. The Morgan fingerprint density at radius 2 is 1.86 bits per heavy atom. The Balaban J connectivity index is 1.58. The zero-order valence-electron chi connectivity index (χ0n) is 16.2. The number of ether oxygens (including phenoxy) is 1. The lowest BCUT2D eigenvalue weighted by atomic mass is 10.1. The third-order valence-corrected chi connectivity index (χ3v) is 4.56. The molecule has 1 N–H and O–H groups in total. The average molecular weight is 405 g/mol. The van der Waals surface area contributed by atoms with Gasteiger partial charge in [-0.05, 0) is 50.1 Å². The second-order valence-electron chi connectivity index (χ2n) is 6.68. The lowest BCUT2D eigenvalue weighted by Crippen LogP contribution is -2.28. The number of fused-ring (bicyclic) bond motifs is 1. The summed E-state index contributed by atoms with van der Waals surface area (Å²) in [5, 5.41) is 2.95. The Kier molecular flexibility index (Phi) is 6.10. The SMILES string of the molecule is CCn1c(C(C)NC(=O)CCc2ccc(OC(F)(F)F)cc2)nc2ccccc21. The quantitative estimate of drug-likeness (QED) is 0.616. The van der Waals surface area contributed by atoms with Crippen molar-refractivity contribution in [2.45, 2.75) is 45.6 Å². The molecule has 1 amide bonds. The van der Waals surface area contributed by atoms with Gasteiger partial charge in [-0.3, -0.25) is 4.79 Å². The van der Waals surface area contributed by atoms with Crippen LogP contribution in [-0.2, 0) is 17.8 Å². The molecular formula is C21H22F3N3O2. The van der Waals surface area contributed by atoms with Crippen molar-refractivity contribution < 1.29 is 22.7 Å². The van der Waals surface area contributed by atoms with Crippen LogP contribution in [-0.4, -0.2) is 21.8 Å². The normalized spacial score (nSPS) is 12.7. The van der Waals surface area contributed by atoms with Gasteiger partial charge in [0.1, 0.15) is 11.6 Å². The largest absolute Gasteiger partial charge is 0.573 e. The van der Waals surface area contributed by atoms with Crippen molar-refractivity contribution in [2.75, 3.05) is 0 Å². The van der Waals surface area contributed by atoms with E-state index in [1.165, 1.54) is 24.3 Å². The summed E-state index contributed by atoms with van der Waals surface area (Å²) in [6.07, 6.45) is -4.09. The first-order chi connectivity index (χ1) is 13.8. The molecule has 2 aromatic carbocycles. The zero-order chi connectivity index (χ0) is 21.0. The number of carbonyl (C=O) groups excluding carboxylic acids is 1. The molecule has 1 atom stereocenters. The number of aromatic nitrogens is 2. The number of nitrogens with zero attached hydrogens (tertiary/aromatic N) is 2. The molecule has 0 spiro atoms. The standard InChI is InChI=1S/C21H22F3N3O2/c1-3-27-18-7-5-4-6-17(18)26-20(27)14(2)25-19(28)13-10-15-8-11-16(12-9-15)29-21(22,23)24/h4-9,11-12,14H,3,10,13H2,1-2H3,(H,25,28). The van der Waals surface area contributed by atoms with Gasteiger partial charge in [-0.25, -0.2) is 4.98 Å². The van der Waals surface area contributed by atoms with Crippen LogP contribution >= 0.6 is 0 Å². The summed E-state index contributed by atoms with van der Waals surface area (Å²) in [4.78, 5) is 17.0. The molecule has 8 heteroatoms. The van der Waals surface area contributed by atoms with Crippen molar-refractivity contribution in [3.05, 3.63) is 59.9 Å². The van der Waals surface area contributed by atoms with E-state index in [9.17, 15) is 18.0 Å². The van der Waals surface area contributed by atoms with Crippen LogP contribution in [0.1, 0.15) is 37.7 Å². The molecule has 3 aromatic rings. The molecule has 0 bridgehead atoms. The number of hydrogen-bond acceptors (Lipinski definition) is 3. The van der Waals surface area contributed by atoms with Gasteiger partial charge < -0.3 is 14.6 Å². The van der Waals surface area contributed by atoms with Gasteiger partial charge in [0.15, 0.2) is 0 Å². The number of para-hydroxylation sites is 2. The van der Waals surface area contributed by atoms with E-state index in [0.717, 1.165) is 29.0 Å². The van der Waals surface area contributed by atoms with E-state index in [0.29, 0.717) is 6.42 Å². The average Bonchev–Trinajstić information content (AvgIpc) is 3.05. The monoisotopic (exact) mass is 405 g/mol. The van der Waals surface area contributed by atoms with Crippen molar-refractivity contribution in [1.82, 2.24) is 14.9 Å². The first kappa shape index (κ1) is 20.7. The molecule has 0 aliphatic rings. The first-order valence-corrected chi connectivity index (χ1v) is 9.36. The maximum absolute atomic E-state index is 12.3. The number of rotatable bonds is 7. The number of imidazole rings is 1. The van der Waals surface area contributed by atoms with Crippen molar-refractivity contribution in [1.29, 1.82) is 0 Å². The predicted octanol–water partition coefficient (Wildman–Crippen LogP) is 4.76. The smallest absolute Gasteiger partial charge is 0.406 e. The second kappa shape index (κ2) is 8.55. The molecule has 3 rings (SSSR count). The molecule has 0 radical (unpaired) electrons. The van der Waals surface area contributed by atoms with Crippen LogP contribution in [0.5, 0.6) is 5.75 Å². The van der Waals surface area contributed by atoms with E-state index >= 15 is 0 Å². The summed E-state index contributed by atoms with van der Waals surface area (Å²) in [5.41, 5.74) is 2.65. The Bertz CT molecular complexity index is 981. The fraction of sp³-hybridized carbons (Fsp3) is 0.333. The van der Waals surface area contributed by atoms with Crippen molar-refractivity contribution in [2.24, 2.45) is 0 Å². The van der Waals surface area contributed by atoms with Crippen LogP contribution in [0.15, 0.2) is 48.5 Å². The lowest BCUT2D eigenvalue weighted by molar-refractivity contribution is -0.274. The van der Waals surface area contributed by atoms with E-state index < -0.39 is 6.36 Å². The molecular weight excluding hydrogens is 383 g/mol. The highest BCUT2D eigenvalue weighted by molar-refractivity contribution is 5.78. The molecule has 1 heterocycles. The predicted molar refractivity (Wildman–Crippen MR) is 103 cm³/mol. The van der Waals surface area contributed by atoms with Crippen LogP contribution in [0.2, 0.25) is 0 Å². The number of halogens is 3. The number of carbonyl (C=O) groups is 1. The number of benzene rings is 2. The molecule has 0 aliphatic heterocycles. The minimum Gasteiger partial charge on any atom is -0.406 e. The minimum absolute atomic E-state index is 0.150. The van der Waals surface area contributed by atoms with E-state index in [-0.39, 0.29) is 24.1 Å². The van der Waals surface area contributed by atoms with Gasteiger partial charge in [0.2, 0.25) is 5.91 Å². The van der Waals surface area contributed by atoms with E-state index in [1.807, 2.05) is 38.1 Å². The number of nitrogens with one attached hydrogen (secondary N) is 1. The summed E-state index contributed by atoms with van der Waals surface area (Å²) >= 11 is 0. The highest BCUT2D eigenvalue weighted by Gasteiger charge is 2.30.